The van der Waals surface area contributed by atoms with E-state index in [0.29, 0.717) is 10.7 Å². The summed E-state index contributed by atoms with van der Waals surface area (Å²) < 4.78 is 10.7. The van der Waals surface area contributed by atoms with E-state index >= 15 is 0 Å². The summed E-state index contributed by atoms with van der Waals surface area (Å²) >= 11 is 6.30. The van der Waals surface area contributed by atoms with Gasteiger partial charge in [-0.3, -0.25) is 10.1 Å². The molecule has 0 spiro atoms. The molecule has 2 N–H and O–H groups in total. The van der Waals surface area contributed by atoms with E-state index in [1.54, 1.807) is 13.0 Å². The maximum absolute atomic E-state index is 13.0. The highest BCUT2D eigenvalue weighted by atomic mass is 35.5. The van der Waals surface area contributed by atoms with Gasteiger partial charge in [0.2, 0.25) is 0 Å². The number of ether oxygens (including phenoxy) is 2. The number of aromatic amines is 1. The number of carbonyl (C=O) groups excluding carboxylic acids is 2. The lowest BCUT2D eigenvalue weighted by atomic mass is 9.93. The molecule has 6 nitrogen and oxygen atoms in total. The lowest BCUT2D eigenvalue weighted by Crippen LogP contribution is -2.21. The molecule has 1 atom stereocenters. The fourth-order valence-electron chi connectivity index (χ4n) is 5.39. The summed E-state index contributed by atoms with van der Waals surface area (Å²) in [6, 6.07) is 31.4. The molecule has 5 aromatic rings. The van der Waals surface area contributed by atoms with Gasteiger partial charge in [0.05, 0.1) is 23.9 Å². The van der Waals surface area contributed by atoms with Crippen molar-refractivity contribution in [1.29, 1.82) is 0 Å². The fraction of sp³-hybridized carbons (Fsp3) is 0.176. The van der Waals surface area contributed by atoms with Crippen LogP contribution in [0.2, 0.25) is 5.02 Å². The molecular formula is C34H29ClN2O4. The summed E-state index contributed by atoms with van der Waals surface area (Å²) in [4.78, 5) is 28.7. The first-order chi connectivity index (χ1) is 19.9. The number of hydrogen-bond acceptors (Lipinski definition) is 4. The van der Waals surface area contributed by atoms with E-state index in [2.05, 4.69) is 10.3 Å². The van der Waals surface area contributed by atoms with Crippen LogP contribution in [0, 0.1) is 0 Å². The molecule has 1 amide bonds. The summed E-state index contributed by atoms with van der Waals surface area (Å²) in [5, 5.41) is 4.39. The number of H-pyrrole nitrogens is 1. The van der Waals surface area contributed by atoms with Gasteiger partial charge in [0.1, 0.15) is 6.10 Å². The molecular weight excluding hydrogens is 536 g/mol. The zero-order valence-corrected chi connectivity index (χ0v) is 23.5. The Labute approximate surface area is 243 Å². The van der Waals surface area contributed by atoms with Gasteiger partial charge in [-0.15, -0.1) is 0 Å². The van der Waals surface area contributed by atoms with Gasteiger partial charge in [-0.1, -0.05) is 96.5 Å². The van der Waals surface area contributed by atoms with E-state index in [-0.39, 0.29) is 5.97 Å². The second-order valence-electron chi connectivity index (χ2n) is 10.3. The van der Waals surface area contributed by atoms with Crippen LogP contribution >= 0.6 is 11.6 Å². The first-order valence-electron chi connectivity index (χ1n) is 13.5. The van der Waals surface area contributed by atoms with Crippen molar-refractivity contribution in [2.45, 2.75) is 31.3 Å². The van der Waals surface area contributed by atoms with Crippen LogP contribution in [0.1, 0.15) is 37.0 Å². The molecule has 1 fully saturated rings. The largest absolute Gasteiger partial charge is 0.468 e. The van der Waals surface area contributed by atoms with Crippen LogP contribution < -0.4 is 5.32 Å². The number of benzene rings is 4. The van der Waals surface area contributed by atoms with Crippen molar-refractivity contribution >= 4 is 40.3 Å². The fourth-order valence-corrected chi connectivity index (χ4v) is 5.68. The predicted molar refractivity (Wildman–Crippen MR) is 162 cm³/mol. The molecule has 0 radical (unpaired) electrons. The highest BCUT2D eigenvalue weighted by molar-refractivity contribution is 6.31. The molecule has 4 aromatic carbocycles. The number of amides is 1. The van der Waals surface area contributed by atoms with Crippen LogP contribution in [-0.4, -0.2) is 24.2 Å². The van der Waals surface area contributed by atoms with Crippen molar-refractivity contribution in [3.05, 3.63) is 113 Å². The van der Waals surface area contributed by atoms with Crippen molar-refractivity contribution in [1.82, 2.24) is 4.98 Å². The average Bonchev–Trinajstić information content (AvgIpc) is 3.74. The number of fused-ring (bicyclic) bond motifs is 1. The van der Waals surface area contributed by atoms with Gasteiger partial charge in [0.15, 0.2) is 0 Å². The summed E-state index contributed by atoms with van der Waals surface area (Å²) in [6.45, 7) is 1.79. The monoisotopic (exact) mass is 564 g/mol. The molecule has 1 aliphatic rings. The van der Waals surface area contributed by atoms with E-state index < -0.39 is 17.6 Å². The number of hydrogen-bond donors (Lipinski definition) is 2. The second kappa shape index (κ2) is 10.8. The molecule has 0 aliphatic heterocycles. The van der Waals surface area contributed by atoms with Gasteiger partial charge >= 0.3 is 12.1 Å². The van der Waals surface area contributed by atoms with Crippen LogP contribution in [0.5, 0.6) is 0 Å². The number of anilines is 1. The number of esters is 1. The molecule has 0 bridgehead atoms. The second-order valence-corrected chi connectivity index (χ2v) is 10.8. The molecule has 6 rings (SSSR count). The lowest BCUT2D eigenvalue weighted by molar-refractivity contribution is -0.143. The smallest absolute Gasteiger partial charge is 0.412 e. The van der Waals surface area contributed by atoms with Crippen molar-refractivity contribution < 1.29 is 19.1 Å². The molecule has 1 unspecified atom stereocenters. The van der Waals surface area contributed by atoms with Gasteiger partial charge in [0, 0.05) is 27.1 Å². The number of para-hydroxylation sites is 1. The Bertz CT molecular complexity index is 1740. The third kappa shape index (κ3) is 5.07. The highest BCUT2D eigenvalue weighted by Gasteiger charge is 2.52. The van der Waals surface area contributed by atoms with Gasteiger partial charge in [-0.05, 0) is 48.6 Å². The van der Waals surface area contributed by atoms with Gasteiger partial charge < -0.3 is 14.5 Å². The summed E-state index contributed by atoms with van der Waals surface area (Å²) in [6.07, 6.45) is 0.549. The number of halogens is 1. The molecule has 1 saturated carbocycles. The Balaban J connectivity index is 1.25. The first-order valence-corrected chi connectivity index (χ1v) is 13.9. The molecule has 1 aliphatic carbocycles. The Morgan fingerprint density at radius 1 is 0.854 bits per heavy atom. The van der Waals surface area contributed by atoms with E-state index in [0.717, 1.165) is 57.3 Å². The summed E-state index contributed by atoms with van der Waals surface area (Å²) in [5.74, 6) is -0.167. The number of carbonyl (C=O) groups is 2. The van der Waals surface area contributed by atoms with Crippen LogP contribution in [0.4, 0.5) is 10.5 Å². The maximum Gasteiger partial charge on any atom is 0.412 e. The van der Waals surface area contributed by atoms with Crippen molar-refractivity contribution in [2.24, 2.45) is 0 Å². The Morgan fingerprint density at radius 3 is 2.12 bits per heavy atom. The number of nitrogens with one attached hydrogen (secondary N) is 2. The highest BCUT2D eigenvalue weighted by Crippen LogP contribution is 2.49. The van der Waals surface area contributed by atoms with Crippen molar-refractivity contribution in [2.75, 3.05) is 12.4 Å². The topological polar surface area (TPSA) is 80.4 Å². The molecule has 41 heavy (non-hydrogen) atoms. The number of rotatable bonds is 7. The Morgan fingerprint density at radius 2 is 1.46 bits per heavy atom. The maximum atomic E-state index is 13.0. The van der Waals surface area contributed by atoms with Crippen molar-refractivity contribution in [3.63, 3.8) is 0 Å². The van der Waals surface area contributed by atoms with E-state index in [4.69, 9.17) is 21.1 Å². The minimum atomic E-state index is -0.569. The number of methoxy groups -OCH3 is 1. The Hall–Kier alpha value is -4.55. The number of aromatic nitrogens is 1. The molecule has 206 valence electrons. The van der Waals surface area contributed by atoms with E-state index in [1.807, 2.05) is 91.0 Å². The van der Waals surface area contributed by atoms with Gasteiger partial charge in [-0.2, -0.15) is 0 Å². The molecule has 1 heterocycles. The minimum Gasteiger partial charge on any atom is -0.468 e. The quantitative estimate of drug-likeness (QED) is 0.194. The SMILES string of the molecule is COC(=O)C1(c2ccc(-c3ccc(-c4[nH]c5ccccc5c4NC(=O)OC(C)c4ccccc4Cl)cc3)cc2)CC1. The van der Waals surface area contributed by atoms with Gasteiger partial charge in [0.25, 0.3) is 0 Å². The lowest BCUT2D eigenvalue weighted by Gasteiger charge is -2.16. The summed E-state index contributed by atoms with van der Waals surface area (Å²) in [7, 11) is 1.44. The predicted octanol–water partition coefficient (Wildman–Crippen LogP) is 8.67. The Kier molecular flexibility index (Phi) is 7.01. The van der Waals surface area contributed by atoms with Crippen LogP contribution in [0.25, 0.3) is 33.3 Å². The first kappa shape index (κ1) is 26.7. The average molecular weight is 565 g/mol. The third-order valence-corrected chi connectivity index (χ3v) is 8.17. The molecule has 7 heteroatoms. The van der Waals surface area contributed by atoms with Crippen LogP contribution in [0.3, 0.4) is 0 Å². The zero-order valence-electron chi connectivity index (χ0n) is 22.7. The zero-order chi connectivity index (χ0) is 28.6. The normalized spacial score (nSPS) is 14.3. The molecule has 0 saturated heterocycles. The standard InChI is InChI=1S/C34H29ClN2O4/c1-21(26-7-3-5-9-28(26)35)41-33(39)37-31-27-8-4-6-10-29(27)36-30(31)24-13-11-22(12-14-24)23-15-17-25(18-16-23)34(19-20-34)32(38)40-2/h3-18,21,36H,19-20H2,1-2H3,(H,37,39). The van der Waals surface area contributed by atoms with E-state index in [1.165, 1.54) is 7.11 Å². The van der Waals surface area contributed by atoms with Crippen molar-refractivity contribution in [3.8, 4) is 22.4 Å². The van der Waals surface area contributed by atoms with Gasteiger partial charge in [-0.25, -0.2) is 4.79 Å². The van der Waals surface area contributed by atoms with Crippen LogP contribution in [-0.2, 0) is 19.7 Å². The third-order valence-electron chi connectivity index (χ3n) is 7.83. The van der Waals surface area contributed by atoms with E-state index in [9.17, 15) is 9.59 Å². The molecule has 1 aromatic heterocycles. The minimum absolute atomic E-state index is 0.167. The summed E-state index contributed by atoms with van der Waals surface area (Å²) in [5.41, 5.74) is 6.59. The van der Waals surface area contributed by atoms with Crippen LogP contribution in [0.15, 0.2) is 97.1 Å².